The van der Waals surface area contributed by atoms with Crippen molar-refractivity contribution in [1.29, 1.82) is 0 Å². The van der Waals surface area contributed by atoms with E-state index in [9.17, 15) is 5.11 Å². The van der Waals surface area contributed by atoms with Gasteiger partial charge in [0.15, 0.2) is 0 Å². The van der Waals surface area contributed by atoms with E-state index in [4.69, 9.17) is 4.74 Å². The van der Waals surface area contributed by atoms with Gasteiger partial charge in [0.1, 0.15) is 5.60 Å². The van der Waals surface area contributed by atoms with Gasteiger partial charge in [-0.3, -0.25) is 0 Å². The van der Waals surface area contributed by atoms with Crippen molar-refractivity contribution in [3.63, 3.8) is 0 Å². The van der Waals surface area contributed by atoms with Gasteiger partial charge in [-0.1, -0.05) is 0 Å². The topological polar surface area (TPSA) is 54.4 Å². The number of hydrogen-bond acceptors (Lipinski definition) is 5. The number of aryl methyl sites for hydroxylation is 2. The highest BCUT2D eigenvalue weighted by atomic mass is 32.1. The van der Waals surface area contributed by atoms with Crippen LogP contribution in [0.15, 0.2) is 0 Å². The Morgan fingerprint density at radius 1 is 1.59 bits per heavy atom. The van der Waals surface area contributed by atoms with Crippen LogP contribution >= 0.6 is 11.3 Å². The van der Waals surface area contributed by atoms with Crippen LogP contribution in [-0.4, -0.2) is 35.5 Å². The highest BCUT2D eigenvalue weighted by Gasteiger charge is 2.32. The molecule has 0 aromatic carbocycles. The first-order chi connectivity index (χ1) is 8.00. The monoisotopic (exact) mass is 256 g/mol. The first-order valence-corrected chi connectivity index (χ1v) is 6.79. The van der Waals surface area contributed by atoms with Crippen molar-refractivity contribution < 1.29 is 9.84 Å². The number of aromatic nitrogens is 1. The van der Waals surface area contributed by atoms with E-state index in [0.717, 1.165) is 10.7 Å². The predicted octanol–water partition coefficient (Wildman–Crippen LogP) is 1.56. The molecule has 5 heteroatoms. The molecule has 1 aromatic rings. The van der Waals surface area contributed by atoms with E-state index < -0.39 is 5.60 Å². The quantitative estimate of drug-likeness (QED) is 0.858. The fourth-order valence-electron chi connectivity index (χ4n) is 2.12. The SMILES string of the molecule is Cc1nc(C)c(C(C)NCC2(O)CCOC2)s1. The third-order valence-corrected chi connectivity index (χ3v) is 4.41. The van der Waals surface area contributed by atoms with Gasteiger partial charge in [0.2, 0.25) is 0 Å². The van der Waals surface area contributed by atoms with Crippen LogP contribution in [0.5, 0.6) is 0 Å². The fraction of sp³-hybridized carbons (Fsp3) is 0.750. The molecule has 0 amide bonds. The molecule has 4 nitrogen and oxygen atoms in total. The molecule has 1 fully saturated rings. The third-order valence-electron chi connectivity index (χ3n) is 3.15. The molecule has 96 valence electrons. The molecule has 1 aromatic heterocycles. The Kier molecular flexibility index (Phi) is 3.82. The number of hydrogen-bond donors (Lipinski definition) is 2. The molecule has 0 aliphatic carbocycles. The average molecular weight is 256 g/mol. The van der Waals surface area contributed by atoms with Gasteiger partial charge in [0, 0.05) is 30.5 Å². The smallest absolute Gasteiger partial charge is 0.103 e. The minimum Gasteiger partial charge on any atom is -0.386 e. The van der Waals surface area contributed by atoms with Crippen LogP contribution in [0.25, 0.3) is 0 Å². The molecular formula is C12H20N2O2S. The second kappa shape index (κ2) is 5.02. The molecule has 2 heterocycles. The summed E-state index contributed by atoms with van der Waals surface area (Å²) in [6.45, 7) is 7.83. The molecule has 17 heavy (non-hydrogen) atoms. The minimum absolute atomic E-state index is 0.228. The van der Waals surface area contributed by atoms with Crippen molar-refractivity contribution in [1.82, 2.24) is 10.3 Å². The summed E-state index contributed by atoms with van der Waals surface area (Å²) in [6.07, 6.45) is 0.716. The van der Waals surface area contributed by atoms with Gasteiger partial charge in [-0.15, -0.1) is 11.3 Å². The van der Waals surface area contributed by atoms with E-state index in [1.54, 1.807) is 11.3 Å². The normalized spacial score (nSPS) is 26.4. The standard InChI is InChI=1S/C12H20N2O2S/c1-8(11-9(2)14-10(3)17-11)13-6-12(15)4-5-16-7-12/h8,13,15H,4-7H2,1-3H3. The number of nitrogens with zero attached hydrogens (tertiary/aromatic N) is 1. The lowest BCUT2D eigenvalue weighted by molar-refractivity contribution is 0.0252. The zero-order valence-electron chi connectivity index (χ0n) is 10.6. The predicted molar refractivity (Wildman–Crippen MR) is 68.4 cm³/mol. The van der Waals surface area contributed by atoms with E-state index >= 15 is 0 Å². The second-order valence-corrected chi connectivity index (χ2v) is 6.05. The van der Waals surface area contributed by atoms with Gasteiger partial charge >= 0.3 is 0 Å². The second-order valence-electron chi connectivity index (χ2n) is 4.81. The number of ether oxygens (including phenoxy) is 1. The Balaban J connectivity index is 1.93. The van der Waals surface area contributed by atoms with Crippen LogP contribution in [0.3, 0.4) is 0 Å². The van der Waals surface area contributed by atoms with Crippen LogP contribution < -0.4 is 5.32 Å². The molecular weight excluding hydrogens is 236 g/mol. The van der Waals surface area contributed by atoms with Crippen molar-refractivity contribution in [2.75, 3.05) is 19.8 Å². The van der Waals surface area contributed by atoms with Crippen LogP contribution in [0.2, 0.25) is 0 Å². The maximum Gasteiger partial charge on any atom is 0.103 e. The van der Waals surface area contributed by atoms with Gasteiger partial charge in [-0.05, 0) is 20.8 Å². The average Bonchev–Trinajstić information content (AvgIpc) is 2.83. The van der Waals surface area contributed by atoms with Gasteiger partial charge in [0.25, 0.3) is 0 Å². The molecule has 0 bridgehead atoms. The molecule has 0 spiro atoms. The lowest BCUT2D eigenvalue weighted by Gasteiger charge is -2.23. The van der Waals surface area contributed by atoms with E-state index in [-0.39, 0.29) is 6.04 Å². The Bertz CT molecular complexity index is 386. The van der Waals surface area contributed by atoms with Crippen molar-refractivity contribution in [3.05, 3.63) is 15.6 Å². The van der Waals surface area contributed by atoms with Crippen molar-refractivity contribution in [3.8, 4) is 0 Å². The molecule has 0 radical (unpaired) electrons. The van der Waals surface area contributed by atoms with E-state index in [0.29, 0.717) is 26.2 Å². The Labute approximate surface area is 106 Å². The van der Waals surface area contributed by atoms with E-state index in [2.05, 4.69) is 17.2 Å². The van der Waals surface area contributed by atoms with Gasteiger partial charge < -0.3 is 15.2 Å². The summed E-state index contributed by atoms with van der Waals surface area (Å²) < 4.78 is 5.23. The number of nitrogens with one attached hydrogen (secondary N) is 1. The maximum absolute atomic E-state index is 10.2. The lowest BCUT2D eigenvalue weighted by atomic mass is 10.0. The fourth-order valence-corrected chi connectivity index (χ4v) is 3.07. The van der Waals surface area contributed by atoms with Crippen molar-refractivity contribution in [2.24, 2.45) is 0 Å². The molecule has 1 aliphatic rings. The zero-order valence-corrected chi connectivity index (χ0v) is 11.4. The van der Waals surface area contributed by atoms with Crippen LogP contribution in [0.1, 0.15) is 35.0 Å². The largest absolute Gasteiger partial charge is 0.386 e. The van der Waals surface area contributed by atoms with E-state index in [1.165, 1.54) is 4.88 Å². The van der Waals surface area contributed by atoms with Gasteiger partial charge in [0.05, 0.1) is 17.3 Å². The lowest BCUT2D eigenvalue weighted by Crippen LogP contribution is -2.41. The minimum atomic E-state index is -0.693. The summed E-state index contributed by atoms with van der Waals surface area (Å²) in [7, 11) is 0. The molecule has 1 saturated heterocycles. The maximum atomic E-state index is 10.2. The summed E-state index contributed by atoms with van der Waals surface area (Å²) in [4.78, 5) is 5.68. The molecule has 2 atom stereocenters. The van der Waals surface area contributed by atoms with Crippen molar-refractivity contribution in [2.45, 2.75) is 38.8 Å². The molecule has 1 aliphatic heterocycles. The van der Waals surface area contributed by atoms with Crippen LogP contribution in [0, 0.1) is 13.8 Å². The first-order valence-electron chi connectivity index (χ1n) is 5.98. The molecule has 2 unspecified atom stereocenters. The molecule has 0 saturated carbocycles. The van der Waals surface area contributed by atoms with Gasteiger partial charge in [-0.25, -0.2) is 4.98 Å². The highest BCUT2D eigenvalue weighted by molar-refractivity contribution is 7.11. The molecule has 2 N–H and O–H groups in total. The Morgan fingerprint density at radius 3 is 2.88 bits per heavy atom. The number of rotatable bonds is 4. The summed E-state index contributed by atoms with van der Waals surface area (Å²) >= 11 is 1.72. The van der Waals surface area contributed by atoms with Crippen LogP contribution in [0.4, 0.5) is 0 Å². The zero-order chi connectivity index (χ0) is 12.5. The summed E-state index contributed by atoms with van der Waals surface area (Å²) in [6, 6.07) is 0.228. The van der Waals surface area contributed by atoms with Crippen LogP contribution in [-0.2, 0) is 4.74 Å². The van der Waals surface area contributed by atoms with Gasteiger partial charge in [-0.2, -0.15) is 0 Å². The number of thiazole rings is 1. The molecule has 2 rings (SSSR count). The van der Waals surface area contributed by atoms with Crippen molar-refractivity contribution >= 4 is 11.3 Å². The Morgan fingerprint density at radius 2 is 2.35 bits per heavy atom. The summed E-state index contributed by atoms with van der Waals surface area (Å²) in [5, 5.41) is 14.6. The third kappa shape index (κ3) is 3.04. The first kappa shape index (κ1) is 13.0. The number of aliphatic hydroxyl groups is 1. The summed E-state index contributed by atoms with van der Waals surface area (Å²) in [5.41, 5.74) is 0.393. The highest BCUT2D eigenvalue weighted by Crippen LogP contribution is 2.25. The van der Waals surface area contributed by atoms with E-state index in [1.807, 2.05) is 13.8 Å². The summed E-state index contributed by atoms with van der Waals surface area (Å²) in [5.74, 6) is 0. The Hall–Kier alpha value is -0.490.